The number of nitrogens with two attached hydrogens (primary N) is 1. The number of methoxy groups -OCH3 is 1. The van der Waals surface area contributed by atoms with Crippen molar-refractivity contribution in [1.29, 1.82) is 5.41 Å². The SMILES string of the molecule is CNCC(C)(C(=N)OC)C(N)=O.[HH]. The summed E-state index contributed by atoms with van der Waals surface area (Å²) in [5, 5.41) is 10.1. The highest BCUT2D eigenvalue weighted by molar-refractivity contribution is 6.02. The highest BCUT2D eigenvalue weighted by atomic mass is 16.5. The summed E-state index contributed by atoms with van der Waals surface area (Å²) in [7, 11) is 3.03. The molecule has 0 rings (SSSR count). The van der Waals surface area contributed by atoms with E-state index in [-0.39, 0.29) is 7.32 Å². The molecule has 4 N–H and O–H groups in total. The zero-order chi connectivity index (χ0) is 9.78. The summed E-state index contributed by atoms with van der Waals surface area (Å²) in [5.41, 5.74) is 4.08. The van der Waals surface area contributed by atoms with Crippen LogP contribution in [0.1, 0.15) is 8.35 Å². The van der Waals surface area contributed by atoms with Gasteiger partial charge in [0.15, 0.2) is 5.90 Å². The molecular formula is C7H17N3O2. The Morgan fingerprint density at radius 2 is 2.33 bits per heavy atom. The van der Waals surface area contributed by atoms with Gasteiger partial charge in [-0.25, -0.2) is 0 Å². The van der Waals surface area contributed by atoms with Crippen LogP contribution in [0.2, 0.25) is 0 Å². The van der Waals surface area contributed by atoms with E-state index in [1.54, 1.807) is 14.0 Å². The second kappa shape index (κ2) is 4.06. The number of carbonyl (C=O) groups excluding carboxylic acids is 1. The van der Waals surface area contributed by atoms with E-state index >= 15 is 0 Å². The first-order valence-corrected chi connectivity index (χ1v) is 3.56. The lowest BCUT2D eigenvalue weighted by molar-refractivity contribution is -0.124. The molecule has 0 spiro atoms. The van der Waals surface area contributed by atoms with Crippen LogP contribution in [0, 0.1) is 10.8 Å². The van der Waals surface area contributed by atoms with Crippen LogP contribution in [-0.4, -0.2) is 32.5 Å². The van der Waals surface area contributed by atoms with Crippen molar-refractivity contribution in [3.05, 3.63) is 0 Å². The van der Waals surface area contributed by atoms with Crippen LogP contribution < -0.4 is 11.1 Å². The first-order chi connectivity index (χ1) is 5.49. The molecule has 0 fully saturated rings. The summed E-state index contributed by atoms with van der Waals surface area (Å²) in [6.45, 7) is 1.87. The smallest absolute Gasteiger partial charge is 0.234 e. The van der Waals surface area contributed by atoms with Crippen molar-refractivity contribution in [1.82, 2.24) is 5.32 Å². The summed E-state index contributed by atoms with van der Waals surface area (Å²) in [4.78, 5) is 11.0. The fourth-order valence-electron chi connectivity index (χ4n) is 0.858. The minimum Gasteiger partial charge on any atom is -0.484 e. The van der Waals surface area contributed by atoms with E-state index in [1.165, 1.54) is 7.11 Å². The average Bonchev–Trinajstić information content (AvgIpc) is 2.03. The molecule has 0 radical (unpaired) electrons. The van der Waals surface area contributed by atoms with E-state index in [0.29, 0.717) is 6.54 Å². The summed E-state index contributed by atoms with van der Waals surface area (Å²) >= 11 is 0. The Hall–Kier alpha value is -1.10. The van der Waals surface area contributed by atoms with Crippen LogP contribution in [-0.2, 0) is 9.53 Å². The van der Waals surface area contributed by atoms with Gasteiger partial charge in [0.2, 0.25) is 5.91 Å². The van der Waals surface area contributed by atoms with Crippen molar-refractivity contribution in [2.24, 2.45) is 11.1 Å². The molecule has 5 heteroatoms. The zero-order valence-electron chi connectivity index (χ0n) is 7.60. The van der Waals surface area contributed by atoms with Crippen molar-refractivity contribution < 1.29 is 11.0 Å². The first kappa shape index (κ1) is 10.9. The molecule has 0 aromatic carbocycles. The third kappa shape index (κ3) is 1.94. The Morgan fingerprint density at radius 3 is 2.58 bits per heavy atom. The Balaban J connectivity index is 0. The van der Waals surface area contributed by atoms with E-state index in [1.807, 2.05) is 0 Å². The van der Waals surface area contributed by atoms with Gasteiger partial charge in [-0.2, -0.15) is 0 Å². The Kier molecular flexibility index (Phi) is 3.69. The normalized spacial score (nSPS) is 14.9. The molecular weight excluding hydrogens is 158 g/mol. The van der Waals surface area contributed by atoms with Gasteiger partial charge in [0.05, 0.1) is 7.11 Å². The third-order valence-electron chi connectivity index (χ3n) is 1.78. The number of amides is 1. The van der Waals surface area contributed by atoms with Crippen molar-refractivity contribution >= 4 is 11.8 Å². The minimum atomic E-state index is -1.05. The molecule has 0 aliphatic heterocycles. The first-order valence-electron chi connectivity index (χ1n) is 3.56. The van der Waals surface area contributed by atoms with Crippen molar-refractivity contribution in [3.8, 4) is 0 Å². The van der Waals surface area contributed by atoms with Gasteiger partial charge < -0.3 is 15.8 Å². The number of nitrogens with one attached hydrogen (secondary N) is 2. The van der Waals surface area contributed by atoms with E-state index in [4.69, 9.17) is 11.1 Å². The zero-order valence-corrected chi connectivity index (χ0v) is 7.60. The van der Waals surface area contributed by atoms with E-state index < -0.39 is 11.3 Å². The molecule has 1 amide bonds. The molecule has 12 heavy (non-hydrogen) atoms. The van der Waals surface area contributed by atoms with E-state index in [9.17, 15) is 4.79 Å². The number of hydrogen-bond donors (Lipinski definition) is 3. The summed E-state index contributed by atoms with van der Waals surface area (Å²) in [5.74, 6) is -0.687. The van der Waals surface area contributed by atoms with Crippen molar-refractivity contribution in [3.63, 3.8) is 0 Å². The highest BCUT2D eigenvalue weighted by Crippen LogP contribution is 2.16. The van der Waals surface area contributed by atoms with Gasteiger partial charge in [-0.15, -0.1) is 0 Å². The largest absolute Gasteiger partial charge is 0.484 e. The fraction of sp³-hybridized carbons (Fsp3) is 0.714. The maximum atomic E-state index is 11.0. The number of hydrogen-bond acceptors (Lipinski definition) is 4. The number of rotatable bonds is 4. The van der Waals surface area contributed by atoms with Gasteiger partial charge >= 0.3 is 0 Å². The van der Waals surface area contributed by atoms with Crippen molar-refractivity contribution in [2.45, 2.75) is 6.92 Å². The van der Waals surface area contributed by atoms with Gasteiger partial charge in [0, 0.05) is 7.97 Å². The Bertz CT molecular complexity index is 198. The standard InChI is InChI=1S/C7H15N3O2.H2/c1-7(4-10-2,5(8)11)6(9)12-3;/h9-10H,4H2,1-3H3,(H2,8,11);1H. The summed E-state index contributed by atoms with van der Waals surface area (Å²) < 4.78 is 4.67. The van der Waals surface area contributed by atoms with Gasteiger partial charge in [-0.3, -0.25) is 10.2 Å². The summed E-state index contributed by atoms with van der Waals surface area (Å²) in [6, 6.07) is 0. The average molecular weight is 175 g/mol. The Labute approximate surface area is 73.3 Å². The number of ether oxygens (including phenoxy) is 1. The van der Waals surface area contributed by atoms with E-state index in [0.717, 1.165) is 0 Å². The lowest BCUT2D eigenvalue weighted by Gasteiger charge is -2.24. The van der Waals surface area contributed by atoms with Gasteiger partial charge in [0.25, 0.3) is 0 Å². The topological polar surface area (TPSA) is 88.2 Å². The monoisotopic (exact) mass is 175 g/mol. The van der Waals surface area contributed by atoms with Crippen LogP contribution in [0.25, 0.3) is 0 Å². The summed E-state index contributed by atoms with van der Waals surface area (Å²) in [6.07, 6.45) is 0. The quantitative estimate of drug-likeness (QED) is 0.400. The van der Waals surface area contributed by atoms with E-state index in [2.05, 4.69) is 10.1 Å². The fourth-order valence-corrected chi connectivity index (χ4v) is 0.858. The lowest BCUT2D eigenvalue weighted by Crippen LogP contribution is -2.48. The predicted octanol–water partition coefficient (Wildman–Crippen LogP) is -0.433. The highest BCUT2D eigenvalue weighted by Gasteiger charge is 2.36. The predicted molar refractivity (Wildman–Crippen MR) is 48.1 cm³/mol. The lowest BCUT2D eigenvalue weighted by atomic mass is 9.89. The van der Waals surface area contributed by atoms with Crippen molar-refractivity contribution in [2.75, 3.05) is 20.7 Å². The second-order valence-corrected chi connectivity index (χ2v) is 2.76. The van der Waals surface area contributed by atoms with Gasteiger partial charge in [-0.1, -0.05) is 0 Å². The third-order valence-corrected chi connectivity index (χ3v) is 1.78. The number of primary amides is 1. The molecule has 0 heterocycles. The molecule has 0 aliphatic rings. The molecule has 72 valence electrons. The molecule has 1 unspecified atom stereocenters. The number of carbonyl (C=O) groups is 1. The Morgan fingerprint density at radius 1 is 1.83 bits per heavy atom. The molecule has 0 bridgehead atoms. The van der Waals surface area contributed by atoms with Gasteiger partial charge in [-0.05, 0) is 14.0 Å². The molecule has 0 saturated carbocycles. The van der Waals surface area contributed by atoms with Crippen LogP contribution in [0.4, 0.5) is 0 Å². The molecule has 0 aromatic heterocycles. The molecule has 1 atom stereocenters. The van der Waals surface area contributed by atoms with Crippen LogP contribution in [0.5, 0.6) is 0 Å². The maximum absolute atomic E-state index is 11.0. The van der Waals surface area contributed by atoms with Crippen LogP contribution in [0.15, 0.2) is 0 Å². The second-order valence-electron chi connectivity index (χ2n) is 2.76. The molecule has 0 aromatic rings. The van der Waals surface area contributed by atoms with Crippen LogP contribution in [0.3, 0.4) is 0 Å². The maximum Gasteiger partial charge on any atom is 0.234 e. The molecule has 0 saturated heterocycles. The minimum absolute atomic E-state index is 0. The molecule has 5 nitrogen and oxygen atoms in total. The molecule has 0 aliphatic carbocycles. The van der Waals surface area contributed by atoms with Gasteiger partial charge in [0.1, 0.15) is 5.41 Å². The van der Waals surface area contributed by atoms with Crippen LogP contribution >= 0.6 is 0 Å².